The molecule has 0 bridgehead atoms. The number of carbonyl (C=O) groups is 1. The Kier molecular flexibility index (Phi) is 8.11. The lowest BCUT2D eigenvalue weighted by Gasteiger charge is -2.13. The number of carbonyl (C=O) groups excluding carboxylic acids is 1. The molecule has 12 heteroatoms. The first-order valence-corrected chi connectivity index (χ1v) is 13.1. The highest BCUT2D eigenvalue weighted by molar-refractivity contribution is 7.22. The van der Waals surface area contributed by atoms with E-state index in [2.05, 4.69) is 15.5 Å². The molecule has 5 aromatic rings. The number of nitrogens with one attached hydrogen (secondary N) is 1. The molecule has 0 fully saturated rings. The summed E-state index contributed by atoms with van der Waals surface area (Å²) >= 11 is 1.35. The van der Waals surface area contributed by atoms with Crippen LogP contribution in [0.1, 0.15) is 0 Å². The zero-order valence-electron chi connectivity index (χ0n) is 23.0. The van der Waals surface area contributed by atoms with Crippen molar-refractivity contribution in [2.24, 2.45) is 0 Å². The predicted octanol–water partition coefficient (Wildman–Crippen LogP) is 5.68. The number of hydrogen-bond acceptors (Lipinski definition) is 11. The van der Waals surface area contributed by atoms with E-state index in [1.54, 1.807) is 64.8 Å². The van der Waals surface area contributed by atoms with Crippen LogP contribution < -0.4 is 33.7 Å². The molecule has 5 rings (SSSR count). The predicted molar refractivity (Wildman–Crippen MR) is 154 cm³/mol. The Bertz CT molecular complexity index is 1670. The molecule has 0 aliphatic carbocycles. The van der Waals surface area contributed by atoms with Gasteiger partial charge in [-0.2, -0.15) is 0 Å². The van der Waals surface area contributed by atoms with Crippen LogP contribution in [-0.4, -0.2) is 58.2 Å². The molecular weight excluding hydrogens is 550 g/mol. The third-order valence-electron chi connectivity index (χ3n) is 6.12. The Morgan fingerprint density at radius 2 is 1.54 bits per heavy atom. The number of amides is 1. The molecule has 0 saturated carbocycles. The van der Waals surface area contributed by atoms with Crippen molar-refractivity contribution in [3.63, 3.8) is 0 Å². The molecule has 41 heavy (non-hydrogen) atoms. The highest BCUT2D eigenvalue weighted by atomic mass is 32.1. The number of fused-ring (bicyclic) bond motifs is 1. The smallest absolute Gasteiger partial charge is 0.264 e. The van der Waals surface area contributed by atoms with E-state index in [4.69, 9.17) is 32.9 Å². The Labute approximate surface area is 239 Å². The van der Waals surface area contributed by atoms with E-state index in [1.807, 2.05) is 18.2 Å². The van der Waals surface area contributed by atoms with E-state index >= 15 is 0 Å². The molecule has 0 radical (unpaired) electrons. The quantitative estimate of drug-likeness (QED) is 0.210. The SMILES string of the molecule is COc1ccc2nc(NC(=O)COc3cc(-c4cc(-c5cc(OC)c(OC)c(OC)c5)no4)ccc3OC)sc2c1. The van der Waals surface area contributed by atoms with Gasteiger partial charge in [-0.25, -0.2) is 4.98 Å². The standard InChI is InChI=1S/C29H27N3O8S/c1-34-18-7-8-19-26(13-18)41-29(30-19)31-27(33)15-39-23-10-16(6-9-21(23)35-2)22-14-20(32-40-22)17-11-24(36-3)28(38-5)25(12-17)37-4/h6-14H,15H2,1-5H3,(H,30,31,33). The fraction of sp³-hybridized carbons (Fsp3) is 0.207. The largest absolute Gasteiger partial charge is 0.497 e. The summed E-state index contributed by atoms with van der Waals surface area (Å²) in [5.41, 5.74) is 2.71. The van der Waals surface area contributed by atoms with E-state index in [1.165, 1.54) is 18.4 Å². The van der Waals surface area contributed by atoms with Gasteiger partial charge in [0.1, 0.15) is 11.4 Å². The average molecular weight is 578 g/mol. The second kappa shape index (κ2) is 12.0. The van der Waals surface area contributed by atoms with Gasteiger partial charge < -0.3 is 32.9 Å². The Morgan fingerprint density at radius 3 is 2.22 bits per heavy atom. The van der Waals surface area contributed by atoms with Gasteiger partial charge in [0, 0.05) is 17.2 Å². The highest BCUT2D eigenvalue weighted by Crippen LogP contribution is 2.42. The summed E-state index contributed by atoms with van der Waals surface area (Å²) in [5.74, 6) is 3.12. The first-order chi connectivity index (χ1) is 20.0. The van der Waals surface area contributed by atoms with E-state index in [9.17, 15) is 4.79 Å². The first-order valence-electron chi connectivity index (χ1n) is 12.3. The number of thiazole rings is 1. The molecule has 3 aromatic carbocycles. The van der Waals surface area contributed by atoms with Crippen LogP contribution in [0.25, 0.3) is 32.8 Å². The van der Waals surface area contributed by atoms with Crippen LogP contribution in [0.5, 0.6) is 34.5 Å². The molecule has 2 aromatic heterocycles. The number of benzene rings is 3. The second-order valence-electron chi connectivity index (χ2n) is 8.55. The number of hydrogen-bond donors (Lipinski definition) is 1. The van der Waals surface area contributed by atoms with E-state index in [-0.39, 0.29) is 12.5 Å². The number of rotatable bonds is 11. The van der Waals surface area contributed by atoms with Gasteiger partial charge in [0.05, 0.1) is 45.8 Å². The monoisotopic (exact) mass is 577 g/mol. The molecule has 0 atom stereocenters. The summed E-state index contributed by atoms with van der Waals surface area (Å²) in [6.07, 6.45) is 0. The molecule has 0 aliphatic rings. The van der Waals surface area contributed by atoms with Crippen molar-refractivity contribution in [2.75, 3.05) is 47.5 Å². The van der Waals surface area contributed by atoms with Crippen LogP contribution in [0.4, 0.5) is 5.13 Å². The van der Waals surface area contributed by atoms with Crippen LogP contribution in [0.2, 0.25) is 0 Å². The summed E-state index contributed by atoms with van der Waals surface area (Å²) in [5, 5.41) is 7.45. The average Bonchev–Trinajstić information content (AvgIpc) is 3.66. The number of nitrogens with zero attached hydrogens (tertiary/aromatic N) is 2. The van der Waals surface area contributed by atoms with Crippen molar-refractivity contribution in [2.45, 2.75) is 0 Å². The van der Waals surface area contributed by atoms with Gasteiger partial charge in [-0.15, -0.1) is 0 Å². The number of ether oxygens (including phenoxy) is 6. The van der Waals surface area contributed by atoms with Crippen LogP contribution in [0.15, 0.2) is 59.1 Å². The fourth-order valence-electron chi connectivity index (χ4n) is 4.10. The summed E-state index contributed by atoms with van der Waals surface area (Å²) < 4.78 is 39.3. The van der Waals surface area contributed by atoms with Gasteiger partial charge in [0.25, 0.3) is 5.91 Å². The molecule has 212 valence electrons. The third kappa shape index (κ3) is 5.82. The minimum absolute atomic E-state index is 0.258. The van der Waals surface area contributed by atoms with Gasteiger partial charge in [-0.05, 0) is 48.5 Å². The van der Waals surface area contributed by atoms with E-state index < -0.39 is 0 Å². The van der Waals surface area contributed by atoms with Gasteiger partial charge >= 0.3 is 0 Å². The minimum Gasteiger partial charge on any atom is -0.497 e. The second-order valence-corrected chi connectivity index (χ2v) is 9.58. The van der Waals surface area contributed by atoms with E-state index in [0.717, 1.165) is 16.0 Å². The molecule has 0 aliphatic heterocycles. The topological polar surface area (TPSA) is 123 Å². The van der Waals surface area contributed by atoms with Crippen LogP contribution >= 0.6 is 11.3 Å². The Morgan fingerprint density at radius 1 is 0.805 bits per heavy atom. The molecule has 1 amide bonds. The molecule has 0 spiro atoms. The van der Waals surface area contributed by atoms with Crippen molar-refractivity contribution in [1.82, 2.24) is 10.1 Å². The maximum atomic E-state index is 12.7. The van der Waals surface area contributed by atoms with Crippen molar-refractivity contribution < 1.29 is 37.7 Å². The van der Waals surface area contributed by atoms with Gasteiger partial charge in [0.15, 0.2) is 40.5 Å². The van der Waals surface area contributed by atoms with Crippen molar-refractivity contribution in [1.29, 1.82) is 0 Å². The molecule has 1 N–H and O–H groups in total. The summed E-state index contributed by atoms with van der Waals surface area (Å²) in [7, 11) is 7.76. The van der Waals surface area contributed by atoms with Crippen molar-refractivity contribution in [3.8, 4) is 57.1 Å². The fourth-order valence-corrected chi connectivity index (χ4v) is 5.01. The molecule has 11 nitrogen and oxygen atoms in total. The zero-order valence-corrected chi connectivity index (χ0v) is 23.8. The van der Waals surface area contributed by atoms with Crippen LogP contribution in [0, 0.1) is 0 Å². The highest BCUT2D eigenvalue weighted by Gasteiger charge is 2.18. The lowest BCUT2D eigenvalue weighted by Crippen LogP contribution is -2.20. The lowest BCUT2D eigenvalue weighted by atomic mass is 10.1. The van der Waals surface area contributed by atoms with Gasteiger partial charge in [-0.1, -0.05) is 16.5 Å². The van der Waals surface area contributed by atoms with Crippen molar-refractivity contribution in [3.05, 3.63) is 54.6 Å². The Hall–Kier alpha value is -4.97. The Balaban J connectivity index is 1.32. The molecule has 2 heterocycles. The van der Waals surface area contributed by atoms with Crippen LogP contribution in [0.3, 0.4) is 0 Å². The normalized spacial score (nSPS) is 10.8. The summed E-state index contributed by atoms with van der Waals surface area (Å²) in [6, 6.07) is 16.1. The summed E-state index contributed by atoms with van der Waals surface area (Å²) in [4.78, 5) is 17.1. The van der Waals surface area contributed by atoms with Gasteiger partial charge in [0.2, 0.25) is 5.75 Å². The number of aromatic nitrogens is 2. The van der Waals surface area contributed by atoms with Crippen LogP contribution in [-0.2, 0) is 4.79 Å². The summed E-state index contributed by atoms with van der Waals surface area (Å²) in [6.45, 7) is -0.258. The lowest BCUT2D eigenvalue weighted by molar-refractivity contribution is -0.118. The van der Waals surface area contributed by atoms with Gasteiger partial charge in [-0.3, -0.25) is 10.1 Å². The first kappa shape index (κ1) is 27.6. The number of anilines is 1. The molecule has 0 unspecified atom stereocenters. The minimum atomic E-state index is -0.368. The zero-order chi connectivity index (χ0) is 28.9. The maximum Gasteiger partial charge on any atom is 0.264 e. The molecule has 0 saturated heterocycles. The maximum absolute atomic E-state index is 12.7. The van der Waals surface area contributed by atoms with E-state index in [0.29, 0.717) is 56.5 Å². The van der Waals surface area contributed by atoms with Crippen molar-refractivity contribution >= 4 is 32.6 Å². The third-order valence-corrected chi connectivity index (χ3v) is 7.05. The number of methoxy groups -OCH3 is 5. The molecular formula is C29H27N3O8S.